The fourth-order valence-corrected chi connectivity index (χ4v) is 3.51. The largest absolute Gasteiger partial charge is 0.368 e. The van der Waals surface area contributed by atoms with Crippen LogP contribution in [0.3, 0.4) is 0 Å². The molecule has 0 fully saturated rings. The average Bonchev–Trinajstić information content (AvgIpc) is 2.66. The molecule has 1 atom stereocenters. The molecule has 6 heteroatoms. The number of pyridine rings is 1. The molecule has 0 aliphatic heterocycles. The van der Waals surface area contributed by atoms with E-state index in [1.807, 2.05) is 25.1 Å². The molecule has 0 bridgehead atoms. The topological polar surface area (TPSA) is 104 Å². The first-order chi connectivity index (χ1) is 13.4. The smallest absolute Gasteiger partial charge is 0.225 e. The van der Waals surface area contributed by atoms with Crippen LogP contribution in [0.5, 0.6) is 0 Å². The lowest BCUT2D eigenvalue weighted by atomic mass is 9.91. The maximum Gasteiger partial charge on any atom is 0.225 e. The van der Waals surface area contributed by atoms with Gasteiger partial charge in [-0.2, -0.15) is 15.0 Å². The fourth-order valence-electron chi connectivity index (χ4n) is 3.51. The van der Waals surface area contributed by atoms with Crippen LogP contribution in [0.2, 0.25) is 0 Å². The van der Waals surface area contributed by atoms with Gasteiger partial charge in [-0.3, -0.25) is 0 Å². The fraction of sp³-hybridized carbons (Fsp3) is 0.182. The van der Waals surface area contributed by atoms with Gasteiger partial charge in [-0.15, -0.1) is 0 Å². The Balaban J connectivity index is 2.00. The van der Waals surface area contributed by atoms with E-state index in [1.165, 1.54) is 0 Å². The third kappa shape index (κ3) is 3.13. The lowest BCUT2D eigenvalue weighted by Crippen LogP contribution is -2.11. The number of fused-ring (bicyclic) bond motifs is 1. The van der Waals surface area contributed by atoms with E-state index in [1.54, 1.807) is 0 Å². The van der Waals surface area contributed by atoms with Gasteiger partial charge in [0, 0.05) is 16.9 Å². The molecule has 0 aliphatic carbocycles. The Kier molecular flexibility index (Phi) is 4.39. The van der Waals surface area contributed by atoms with Crippen molar-refractivity contribution in [1.29, 1.82) is 0 Å². The number of rotatable bonds is 3. The predicted octanol–water partition coefficient (Wildman–Crippen LogP) is 4.02. The van der Waals surface area contributed by atoms with Gasteiger partial charge in [-0.05, 0) is 36.6 Å². The summed E-state index contributed by atoms with van der Waals surface area (Å²) >= 11 is 0. The zero-order valence-corrected chi connectivity index (χ0v) is 16.1. The van der Waals surface area contributed by atoms with Crippen molar-refractivity contribution in [2.75, 3.05) is 11.5 Å². The Morgan fingerprint density at radius 1 is 0.786 bits per heavy atom. The number of hydrogen-bond donors (Lipinski definition) is 2. The van der Waals surface area contributed by atoms with Crippen LogP contribution in [0.15, 0.2) is 48.5 Å². The number of nitrogen functional groups attached to an aromatic ring is 2. The van der Waals surface area contributed by atoms with Crippen molar-refractivity contribution in [3.05, 3.63) is 71.0 Å². The summed E-state index contributed by atoms with van der Waals surface area (Å²) in [6.07, 6.45) is 0. The highest BCUT2D eigenvalue weighted by atomic mass is 15.1. The molecule has 0 spiro atoms. The van der Waals surface area contributed by atoms with Crippen molar-refractivity contribution in [2.45, 2.75) is 26.7 Å². The van der Waals surface area contributed by atoms with E-state index in [-0.39, 0.29) is 17.8 Å². The standard InChI is InChI=1S/C22H22N6/c1-12-7-4-5-10-16(12)19-17(11-15-9-6-8-13(2)18(15)25-19)14(3)20-26-21(23)28-22(24)27-20/h4-11,14H,1-3H3,(H4,23,24,26,27,28). The first-order valence-corrected chi connectivity index (χ1v) is 9.17. The zero-order chi connectivity index (χ0) is 19.8. The van der Waals surface area contributed by atoms with Crippen LogP contribution in [0, 0.1) is 13.8 Å². The van der Waals surface area contributed by atoms with Gasteiger partial charge >= 0.3 is 0 Å². The van der Waals surface area contributed by atoms with Crippen molar-refractivity contribution in [2.24, 2.45) is 0 Å². The van der Waals surface area contributed by atoms with Crippen molar-refractivity contribution < 1.29 is 0 Å². The first-order valence-electron chi connectivity index (χ1n) is 9.17. The third-order valence-corrected chi connectivity index (χ3v) is 5.02. The van der Waals surface area contributed by atoms with Gasteiger partial charge < -0.3 is 11.5 Å². The molecule has 0 radical (unpaired) electrons. The average molecular weight is 370 g/mol. The summed E-state index contributed by atoms with van der Waals surface area (Å²) in [5, 5.41) is 1.08. The second-order valence-electron chi connectivity index (χ2n) is 7.02. The maximum absolute atomic E-state index is 5.80. The van der Waals surface area contributed by atoms with Crippen LogP contribution in [0.1, 0.15) is 35.4 Å². The molecule has 0 aliphatic rings. The Labute approximate surface area is 163 Å². The van der Waals surface area contributed by atoms with Crippen molar-refractivity contribution in [3.63, 3.8) is 0 Å². The summed E-state index contributed by atoms with van der Waals surface area (Å²) in [4.78, 5) is 17.6. The second-order valence-corrected chi connectivity index (χ2v) is 7.02. The predicted molar refractivity (Wildman–Crippen MR) is 113 cm³/mol. The molecule has 2 aromatic carbocycles. The highest BCUT2D eigenvalue weighted by Gasteiger charge is 2.21. The van der Waals surface area contributed by atoms with Gasteiger partial charge in [0.2, 0.25) is 11.9 Å². The van der Waals surface area contributed by atoms with Crippen LogP contribution in [-0.4, -0.2) is 19.9 Å². The molecular weight excluding hydrogens is 348 g/mol. The van der Waals surface area contributed by atoms with Crippen LogP contribution in [0.25, 0.3) is 22.2 Å². The van der Waals surface area contributed by atoms with Crippen LogP contribution in [-0.2, 0) is 0 Å². The molecule has 4 aromatic rings. The van der Waals surface area contributed by atoms with Crippen molar-refractivity contribution >= 4 is 22.8 Å². The van der Waals surface area contributed by atoms with Gasteiger partial charge in [0.15, 0.2) is 0 Å². The normalized spacial score (nSPS) is 12.2. The number of aromatic nitrogens is 4. The number of nitrogens with two attached hydrogens (primary N) is 2. The number of para-hydroxylation sites is 1. The molecule has 1 unspecified atom stereocenters. The highest BCUT2D eigenvalue weighted by Crippen LogP contribution is 2.35. The zero-order valence-electron chi connectivity index (χ0n) is 16.1. The van der Waals surface area contributed by atoms with E-state index in [0.717, 1.165) is 38.9 Å². The molecule has 2 heterocycles. The van der Waals surface area contributed by atoms with E-state index in [2.05, 4.69) is 59.1 Å². The summed E-state index contributed by atoms with van der Waals surface area (Å²) in [7, 11) is 0. The van der Waals surface area contributed by atoms with E-state index in [4.69, 9.17) is 16.5 Å². The summed E-state index contributed by atoms with van der Waals surface area (Å²) in [6.45, 7) is 6.20. The molecule has 0 saturated carbocycles. The first kappa shape index (κ1) is 17.9. The Hall–Kier alpha value is -3.54. The molecule has 4 rings (SSSR count). The van der Waals surface area contributed by atoms with Gasteiger partial charge in [-0.25, -0.2) is 4.98 Å². The minimum atomic E-state index is -0.153. The quantitative estimate of drug-likeness (QED) is 0.564. The lowest BCUT2D eigenvalue weighted by Gasteiger charge is -2.18. The van der Waals surface area contributed by atoms with Gasteiger partial charge in [0.25, 0.3) is 0 Å². The SMILES string of the molecule is Cc1ccccc1-c1nc2c(C)cccc2cc1C(C)c1nc(N)nc(N)n1. The molecule has 2 aromatic heterocycles. The summed E-state index contributed by atoms with van der Waals surface area (Å²) in [5.41, 5.74) is 17.9. The Morgan fingerprint density at radius 2 is 1.46 bits per heavy atom. The summed E-state index contributed by atoms with van der Waals surface area (Å²) in [6, 6.07) is 16.6. The molecule has 6 nitrogen and oxygen atoms in total. The number of aryl methyl sites for hydroxylation is 2. The third-order valence-electron chi connectivity index (χ3n) is 5.02. The number of nitrogens with zero attached hydrogens (tertiary/aromatic N) is 4. The van der Waals surface area contributed by atoms with Crippen molar-refractivity contribution in [3.8, 4) is 11.3 Å². The van der Waals surface area contributed by atoms with Crippen LogP contribution < -0.4 is 11.5 Å². The molecule has 28 heavy (non-hydrogen) atoms. The molecular formula is C22H22N6. The monoisotopic (exact) mass is 370 g/mol. The molecule has 0 saturated heterocycles. The highest BCUT2D eigenvalue weighted by molar-refractivity contribution is 5.86. The van der Waals surface area contributed by atoms with Gasteiger partial charge in [0.05, 0.1) is 11.2 Å². The van der Waals surface area contributed by atoms with Crippen LogP contribution >= 0.6 is 0 Å². The molecule has 0 amide bonds. The molecule has 140 valence electrons. The maximum atomic E-state index is 5.80. The van der Waals surface area contributed by atoms with E-state index in [9.17, 15) is 0 Å². The minimum absolute atomic E-state index is 0.122. The molecule has 4 N–H and O–H groups in total. The van der Waals surface area contributed by atoms with Crippen molar-refractivity contribution in [1.82, 2.24) is 19.9 Å². The van der Waals surface area contributed by atoms with Gasteiger partial charge in [0.1, 0.15) is 5.82 Å². The van der Waals surface area contributed by atoms with Gasteiger partial charge in [-0.1, -0.05) is 49.4 Å². The van der Waals surface area contributed by atoms with Crippen LogP contribution in [0.4, 0.5) is 11.9 Å². The second kappa shape index (κ2) is 6.88. The summed E-state index contributed by atoms with van der Waals surface area (Å²) in [5.74, 6) is 0.626. The number of anilines is 2. The lowest BCUT2D eigenvalue weighted by molar-refractivity contribution is 0.806. The van der Waals surface area contributed by atoms with E-state index in [0.29, 0.717) is 5.82 Å². The number of hydrogen-bond acceptors (Lipinski definition) is 6. The summed E-state index contributed by atoms with van der Waals surface area (Å²) < 4.78 is 0. The number of benzene rings is 2. The van der Waals surface area contributed by atoms with E-state index >= 15 is 0 Å². The van der Waals surface area contributed by atoms with E-state index < -0.39 is 0 Å². The Morgan fingerprint density at radius 3 is 2.18 bits per heavy atom. The Bertz CT molecular complexity index is 1160. The minimum Gasteiger partial charge on any atom is -0.368 e.